The molecule has 1 fully saturated rings. The highest BCUT2D eigenvalue weighted by molar-refractivity contribution is 5.46. The highest BCUT2D eigenvalue weighted by atomic mass is 16.1. The van der Waals surface area contributed by atoms with Gasteiger partial charge in [0.1, 0.15) is 5.82 Å². The highest BCUT2D eigenvalue weighted by Crippen LogP contribution is 1.99. The van der Waals surface area contributed by atoms with Crippen LogP contribution in [0.5, 0.6) is 0 Å². The minimum atomic E-state index is 0.420. The molecule has 1 saturated heterocycles. The highest BCUT2D eigenvalue weighted by Gasteiger charge is 2.09. The van der Waals surface area contributed by atoms with Gasteiger partial charge in [0.2, 0.25) is 6.41 Å². The maximum absolute atomic E-state index is 9.94. The number of aromatic nitrogens is 1. The van der Waals surface area contributed by atoms with Crippen LogP contribution >= 0.6 is 0 Å². The van der Waals surface area contributed by atoms with Crippen LogP contribution in [0.25, 0.3) is 0 Å². The molecule has 2 rings (SSSR count). The van der Waals surface area contributed by atoms with Crippen LogP contribution in [0.3, 0.4) is 0 Å². The van der Waals surface area contributed by atoms with Gasteiger partial charge in [-0.05, 0) is 44.5 Å². The Bertz CT molecular complexity index is 299. The quantitative estimate of drug-likeness (QED) is 0.652. The molecular weight excluding hydrogens is 216 g/mol. The number of nitrogens with zero attached hydrogens (tertiary/aromatic N) is 1. The molecule has 1 amide bonds. The van der Waals surface area contributed by atoms with Gasteiger partial charge < -0.3 is 16.4 Å². The van der Waals surface area contributed by atoms with E-state index in [0.29, 0.717) is 11.9 Å². The fourth-order valence-electron chi connectivity index (χ4n) is 1.56. The number of hydrogen-bond donors (Lipinski definition) is 3. The van der Waals surface area contributed by atoms with Gasteiger partial charge >= 0.3 is 0 Å². The third kappa shape index (κ3) is 5.87. The maximum atomic E-state index is 9.94. The first-order valence-corrected chi connectivity index (χ1v) is 5.81. The molecule has 5 heteroatoms. The minimum Gasteiger partial charge on any atom is -0.384 e. The average molecular weight is 236 g/mol. The Morgan fingerprint density at radius 2 is 2.18 bits per heavy atom. The summed E-state index contributed by atoms with van der Waals surface area (Å²) in [5.74, 6) is 0.579. The average Bonchev–Trinajstić information content (AvgIpc) is 2.36. The lowest BCUT2D eigenvalue weighted by Crippen LogP contribution is -2.39. The van der Waals surface area contributed by atoms with Crippen LogP contribution < -0.4 is 16.4 Å². The number of pyridine rings is 1. The number of nitrogen functional groups attached to an aromatic ring is 1. The zero-order chi connectivity index (χ0) is 12.5. The molecule has 4 N–H and O–H groups in total. The number of aryl methyl sites for hydroxylation is 1. The van der Waals surface area contributed by atoms with Gasteiger partial charge in [0, 0.05) is 12.2 Å². The topological polar surface area (TPSA) is 80.0 Å². The van der Waals surface area contributed by atoms with Crippen molar-refractivity contribution in [1.29, 1.82) is 0 Å². The molecule has 2 heterocycles. The van der Waals surface area contributed by atoms with Crippen molar-refractivity contribution in [2.24, 2.45) is 0 Å². The van der Waals surface area contributed by atoms with Crippen LogP contribution in [0.1, 0.15) is 18.4 Å². The first-order chi connectivity index (χ1) is 8.22. The zero-order valence-electron chi connectivity index (χ0n) is 10.1. The number of nitrogens with one attached hydrogen (secondary N) is 2. The van der Waals surface area contributed by atoms with Gasteiger partial charge in [-0.2, -0.15) is 0 Å². The first-order valence-electron chi connectivity index (χ1n) is 5.81. The van der Waals surface area contributed by atoms with E-state index in [4.69, 9.17) is 5.73 Å². The molecule has 0 radical (unpaired) electrons. The summed E-state index contributed by atoms with van der Waals surface area (Å²) in [6.07, 6.45) is 4.67. The van der Waals surface area contributed by atoms with Crippen LogP contribution in [-0.4, -0.2) is 30.5 Å². The van der Waals surface area contributed by atoms with Gasteiger partial charge in [0.25, 0.3) is 0 Å². The van der Waals surface area contributed by atoms with Crippen LogP contribution in [0, 0.1) is 6.92 Å². The number of rotatable bonds is 2. The SMILES string of the molecule is Cc1ccc(N)nc1.O=CNC1CCNCC1. The van der Waals surface area contributed by atoms with Crippen molar-refractivity contribution in [2.45, 2.75) is 25.8 Å². The molecule has 1 aromatic rings. The Labute approximate surface area is 102 Å². The van der Waals surface area contributed by atoms with E-state index in [1.54, 1.807) is 12.3 Å². The van der Waals surface area contributed by atoms with Crippen molar-refractivity contribution in [3.8, 4) is 0 Å². The molecule has 1 aromatic heterocycles. The molecule has 17 heavy (non-hydrogen) atoms. The van der Waals surface area contributed by atoms with Crippen molar-refractivity contribution in [1.82, 2.24) is 15.6 Å². The molecule has 0 unspecified atom stereocenters. The smallest absolute Gasteiger partial charge is 0.207 e. The Balaban J connectivity index is 0.000000171. The number of anilines is 1. The van der Waals surface area contributed by atoms with Gasteiger partial charge in [-0.3, -0.25) is 4.79 Å². The van der Waals surface area contributed by atoms with E-state index in [1.165, 1.54) is 0 Å². The fourth-order valence-corrected chi connectivity index (χ4v) is 1.56. The number of carbonyl (C=O) groups is 1. The standard InChI is InChI=1S/C6H12N2O.C6H8N2/c9-5-8-6-1-3-7-4-2-6;1-5-2-3-6(7)8-4-5/h5-7H,1-4H2,(H,8,9);2-4H,1H3,(H2,7,8). The summed E-state index contributed by atoms with van der Waals surface area (Å²) < 4.78 is 0. The Morgan fingerprint density at radius 3 is 2.65 bits per heavy atom. The molecule has 94 valence electrons. The molecule has 0 aromatic carbocycles. The first kappa shape index (κ1) is 13.4. The van der Waals surface area contributed by atoms with Gasteiger partial charge in [-0.15, -0.1) is 0 Å². The molecule has 0 spiro atoms. The van der Waals surface area contributed by atoms with Crippen molar-refractivity contribution in [3.05, 3.63) is 23.9 Å². The summed E-state index contributed by atoms with van der Waals surface area (Å²) >= 11 is 0. The van der Waals surface area contributed by atoms with E-state index < -0.39 is 0 Å². The Hall–Kier alpha value is -1.62. The number of carbonyl (C=O) groups excluding carboxylic acids is 1. The molecule has 0 aliphatic carbocycles. The number of nitrogens with two attached hydrogens (primary N) is 1. The fraction of sp³-hybridized carbons (Fsp3) is 0.500. The third-order valence-corrected chi connectivity index (χ3v) is 2.58. The van der Waals surface area contributed by atoms with Crippen LogP contribution in [0.4, 0.5) is 5.82 Å². The lowest BCUT2D eigenvalue weighted by molar-refractivity contribution is -0.110. The summed E-state index contributed by atoms with van der Waals surface area (Å²) in [5, 5.41) is 5.98. The van der Waals surface area contributed by atoms with Crippen molar-refractivity contribution < 1.29 is 4.79 Å². The van der Waals surface area contributed by atoms with Crippen molar-refractivity contribution in [2.75, 3.05) is 18.8 Å². The summed E-state index contributed by atoms with van der Waals surface area (Å²) in [6.45, 7) is 4.05. The largest absolute Gasteiger partial charge is 0.384 e. The zero-order valence-corrected chi connectivity index (χ0v) is 10.1. The van der Waals surface area contributed by atoms with E-state index in [1.807, 2.05) is 13.0 Å². The molecule has 0 saturated carbocycles. The van der Waals surface area contributed by atoms with Gasteiger partial charge in [0.15, 0.2) is 0 Å². The van der Waals surface area contributed by atoms with Gasteiger partial charge in [-0.25, -0.2) is 4.98 Å². The number of hydrogen-bond acceptors (Lipinski definition) is 4. The van der Waals surface area contributed by atoms with E-state index in [-0.39, 0.29) is 0 Å². The van der Waals surface area contributed by atoms with Gasteiger partial charge in [0.05, 0.1) is 0 Å². The summed E-state index contributed by atoms with van der Waals surface area (Å²) in [4.78, 5) is 13.8. The molecule has 5 nitrogen and oxygen atoms in total. The predicted molar refractivity (Wildman–Crippen MR) is 68.5 cm³/mol. The van der Waals surface area contributed by atoms with E-state index >= 15 is 0 Å². The predicted octanol–water partition coefficient (Wildman–Crippen LogP) is 0.457. The van der Waals surface area contributed by atoms with E-state index in [9.17, 15) is 4.79 Å². The van der Waals surface area contributed by atoms with Crippen LogP contribution in [0.15, 0.2) is 18.3 Å². The summed E-state index contributed by atoms with van der Waals surface area (Å²) in [7, 11) is 0. The minimum absolute atomic E-state index is 0.420. The second-order valence-electron chi connectivity index (χ2n) is 4.07. The van der Waals surface area contributed by atoms with Crippen molar-refractivity contribution in [3.63, 3.8) is 0 Å². The Morgan fingerprint density at radius 1 is 1.47 bits per heavy atom. The lowest BCUT2D eigenvalue weighted by atomic mass is 10.1. The molecule has 0 bridgehead atoms. The molecular formula is C12H20N4O. The maximum Gasteiger partial charge on any atom is 0.207 e. The molecule has 1 aliphatic heterocycles. The second kappa shape index (κ2) is 7.62. The summed E-state index contributed by atoms with van der Waals surface area (Å²) in [6, 6.07) is 4.14. The van der Waals surface area contributed by atoms with E-state index in [2.05, 4.69) is 15.6 Å². The van der Waals surface area contributed by atoms with Gasteiger partial charge in [-0.1, -0.05) is 6.07 Å². The van der Waals surface area contributed by atoms with Crippen LogP contribution in [-0.2, 0) is 4.79 Å². The molecule has 0 atom stereocenters. The van der Waals surface area contributed by atoms with Crippen molar-refractivity contribution >= 4 is 12.2 Å². The molecule has 1 aliphatic rings. The second-order valence-corrected chi connectivity index (χ2v) is 4.07. The number of piperidine rings is 1. The summed E-state index contributed by atoms with van der Waals surface area (Å²) in [5.41, 5.74) is 6.45. The van der Waals surface area contributed by atoms with Crippen LogP contribution in [0.2, 0.25) is 0 Å². The monoisotopic (exact) mass is 236 g/mol. The Kier molecular flexibility index (Phi) is 6.03. The lowest BCUT2D eigenvalue weighted by Gasteiger charge is -2.21. The van der Waals surface area contributed by atoms with E-state index in [0.717, 1.165) is 37.9 Å². The third-order valence-electron chi connectivity index (χ3n) is 2.58. The normalized spacial score (nSPS) is 15.6. The number of amides is 1.